The number of carbonyl (C=O) groups is 2. The quantitative estimate of drug-likeness (QED) is 0.776. The van der Waals surface area contributed by atoms with Crippen LogP contribution in [-0.4, -0.2) is 41.1 Å². The summed E-state index contributed by atoms with van der Waals surface area (Å²) in [6.45, 7) is 2.90. The molecule has 1 aliphatic rings. The Labute approximate surface area is 98.3 Å². The van der Waals surface area contributed by atoms with Crippen molar-refractivity contribution in [3.63, 3.8) is 0 Å². The van der Waals surface area contributed by atoms with Gasteiger partial charge in [-0.1, -0.05) is 0 Å². The Bertz CT molecular complexity index is 438. The van der Waals surface area contributed by atoms with Gasteiger partial charge < -0.3 is 15.3 Å². The zero-order valence-electron chi connectivity index (χ0n) is 9.38. The molecular weight excluding hydrogens is 222 g/mol. The van der Waals surface area contributed by atoms with Crippen LogP contribution in [0.5, 0.6) is 0 Å². The van der Waals surface area contributed by atoms with Gasteiger partial charge in [-0.05, 0) is 12.1 Å². The molecule has 2 N–H and O–H groups in total. The van der Waals surface area contributed by atoms with Gasteiger partial charge in [0.2, 0.25) is 5.91 Å². The number of amides is 1. The van der Waals surface area contributed by atoms with Crippen molar-refractivity contribution in [1.29, 1.82) is 0 Å². The Morgan fingerprint density at radius 3 is 2.65 bits per heavy atom. The largest absolute Gasteiger partial charge is 0.478 e. The maximum atomic E-state index is 10.8. The van der Waals surface area contributed by atoms with E-state index in [-0.39, 0.29) is 17.5 Å². The lowest BCUT2D eigenvalue weighted by Crippen LogP contribution is -2.59. The Morgan fingerprint density at radius 1 is 1.47 bits per heavy atom. The van der Waals surface area contributed by atoms with Crippen LogP contribution in [0.25, 0.3) is 0 Å². The van der Waals surface area contributed by atoms with Gasteiger partial charge in [0.25, 0.3) is 0 Å². The molecule has 1 saturated heterocycles. The van der Waals surface area contributed by atoms with E-state index < -0.39 is 5.97 Å². The molecule has 1 aromatic rings. The van der Waals surface area contributed by atoms with Crippen LogP contribution < -0.4 is 10.2 Å². The van der Waals surface area contributed by atoms with Gasteiger partial charge in [-0.2, -0.15) is 0 Å². The average Bonchev–Trinajstić information content (AvgIpc) is 2.23. The van der Waals surface area contributed by atoms with Crippen LogP contribution in [0.1, 0.15) is 17.3 Å². The summed E-state index contributed by atoms with van der Waals surface area (Å²) in [5, 5.41) is 11.5. The third-order valence-corrected chi connectivity index (χ3v) is 2.61. The molecule has 0 unspecified atom stereocenters. The Hall–Kier alpha value is -2.11. The van der Waals surface area contributed by atoms with Crippen molar-refractivity contribution in [2.75, 3.05) is 18.0 Å². The molecular formula is C11H13N3O3. The van der Waals surface area contributed by atoms with E-state index in [2.05, 4.69) is 10.3 Å². The third-order valence-electron chi connectivity index (χ3n) is 2.61. The zero-order valence-corrected chi connectivity index (χ0v) is 9.38. The second-order valence-corrected chi connectivity index (χ2v) is 4.01. The molecule has 0 atom stereocenters. The summed E-state index contributed by atoms with van der Waals surface area (Å²) in [6, 6.07) is 3.36. The number of hydrogen-bond acceptors (Lipinski definition) is 4. The number of anilines is 1. The molecule has 0 spiro atoms. The molecule has 17 heavy (non-hydrogen) atoms. The summed E-state index contributed by atoms with van der Waals surface area (Å²) in [5.41, 5.74) is 0.174. The van der Waals surface area contributed by atoms with Crippen LogP contribution in [0.4, 0.5) is 5.82 Å². The maximum Gasteiger partial charge on any atom is 0.337 e. The fourth-order valence-electron chi connectivity index (χ4n) is 1.74. The van der Waals surface area contributed by atoms with Crippen molar-refractivity contribution in [3.8, 4) is 0 Å². The third kappa shape index (κ3) is 2.52. The van der Waals surface area contributed by atoms with E-state index in [1.54, 1.807) is 6.07 Å². The number of hydrogen-bond donors (Lipinski definition) is 2. The fourth-order valence-corrected chi connectivity index (χ4v) is 1.74. The zero-order chi connectivity index (χ0) is 12.4. The van der Waals surface area contributed by atoms with Crippen LogP contribution in [0, 0.1) is 0 Å². The van der Waals surface area contributed by atoms with E-state index in [1.807, 2.05) is 4.90 Å². The molecule has 2 rings (SSSR count). The Kier molecular flexibility index (Phi) is 2.95. The highest BCUT2D eigenvalue weighted by Gasteiger charge is 2.28. The van der Waals surface area contributed by atoms with Crippen molar-refractivity contribution in [1.82, 2.24) is 10.3 Å². The van der Waals surface area contributed by atoms with Crippen LogP contribution in [0.2, 0.25) is 0 Å². The SMILES string of the molecule is CC(=O)NC1CN(c2ccc(C(=O)O)cn2)C1. The lowest BCUT2D eigenvalue weighted by atomic mass is 10.1. The van der Waals surface area contributed by atoms with Gasteiger partial charge in [0.15, 0.2) is 0 Å². The molecule has 0 aromatic carbocycles. The fraction of sp³-hybridized carbons (Fsp3) is 0.364. The van der Waals surface area contributed by atoms with E-state index in [9.17, 15) is 9.59 Å². The molecule has 0 bridgehead atoms. The second kappa shape index (κ2) is 4.40. The normalized spacial score (nSPS) is 15.2. The number of carboxylic acid groups (broad SMARTS) is 1. The van der Waals surface area contributed by atoms with Crippen molar-refractivity contribution in [3.05, 3.63) is 23.9 Å². The topological polar surface area (TPSA) is 82.5 Å². The van der Waals surface area contributed by atoms with Crippen LogP contribution in [-0.2, 0) is 4.79 Å². The molecule has 1 aromatic heterocycles. The molecule has 1 aliphatic heterocycles. The molecule has 1 fully saturated rings. The number of carboxylic acids is 1. The first kappa shape index (κ1) is 11.4. The van der Waals surface area contributed by atoms with E-state index in [0.717, 1.165) is 5.82 Å². The average molecular weight is 235 g/mol. The number of aromatic nitrogens is 1. The predicted octanol–water partition coefficient (Wildman–Crippen LogP) is 0.104. The lowest BCUT2D eigenvalue weighted by Gasteiger charge is -2.40. The minimum atomic E-state index is -0.983. The molecule has 90 valence electrons. The molecule has 2 heterocycles. The first-order chi connectivity index (χ1) is 8.06. The number of carbonyl (C=O) groups excluding carboxylic acids is 1. The summed E-state index contributed by atoms with van der Waals surface area (Å²) < 4.78 is 0. The van der Waals surface area contributed by atoms with Crippen molar-refractivity contribution < 1.29 is 14.7 Å². The standard InChI is InChI=1S/C11H13N3O3/c1-7(15)13-9-5-14(6-9)10-3-2-8(4-12-10)11(16)17/h2-4,9H,5-6H2,1H3,(H,13,15)(H,16,17). The maximum absolute atomic E-state index is 10.8. The Balaban J connectivity index is 1.93. The first-order valence-electron chi connectivity index (χ1n) is 5.27. The van der Waals surface area contributed by atoms with Crippen LogP contribution >= 0.6 is 0 Å². The highest BCUT2D eigenvalue weighted by atomic mass is 16.4. The Morgan fingerprint density at radius 2 is 2.18 bits per heavy atom. The minimum Gasteiger partial charge on any atom is -0.478 e. The van der Waals surface area contributed by atoms with Crippen LogP contribution in [0.3, 0.4) is 0 Å². The second-order valence-electron chi connectivity index (χ2n) is 4.01. The number of nitrogens with zero attached hydrogens (tertiary/aromatic N) is 2. The number of aromatic carboxylic acids is 1. The summed E-state index contributed by atoms with van der Waals surface area (Å²) in [5.74, 6) is -0.288. The lowest BCUT2D eigenvalue weighted by molar-refractivity contribution is -0.119. The minimum absolute atomic E-state index is 0.0381. The van der Waals surface area contributed by atoms with Gasteiger partial charge >= 0.3 is 5.97 Å². The van der Waals surface area contributed by atoms with E-state index in [0.29, 0.717) is 13.1 Å². The van der Waals surface area contributed by atoms with E-state index in [4.69, 9.17) is 5.11 Å². The molecule has 0 aliphatic carbocycles. The highest BCUT2D eigenvalue weighted by Crippen LogP contribution is 2.18. The number of nitrogens with one attached hydrogen (secondary N) is 1. The van der Waals surface area contributed by atoms with Crippen LogP contribution in [0.15, 0.2) is 18.3 Å². The van der Waals surface area contributed by atoms with Gasteiger partial charge in [-0.25, -0.2) is 9.78 Å². The smallest absolute Gasteiger partial charge is 0.337 e. The van der Waals surface area contributed by atoms with Gasteiger partial charge in [-0.15, -0.1) is 0 Å². The van der Waals surface area contributed by atoms with Crippen molar-refractivity contribution in [2.24, 2.45) is 0 Å². The predicted molar refractivity (Wildman–Crippen MR) is 61.0 cm³/mol. The molecule has 0 saturated carbocycles. The highest BCUT2D eigenvalue weighted by molar-refractivity contribution is 5.87. The van der Waals surface area contributed by atoms with Gasteiger partial charge in [-0.3, -0.25) is 4.79 Å². The van der Waals surface area contributed by atoms with Gasteiger partial charge in [0.05, 0.1) is 11.6 Å². The van der Waals surface area contributed by atoms with E-state index >= 15 is 0 Å². The summed E-state index contributed by atoms with van der Waals surface area (Å²) in [4.78, 5) is 27.5. The molecule has 6 heteroatoms. The summed E-state index contributed by atoms with van der Waals surface area (Å²) in [7, 11) is 0. The van der Waals surface area contributed by atoms with Crippen molar-refractivity contribution in [2.45, 2.75) is 13.0 Å². The summed E-state index contributed by atoms with van der Waals surface area (Å²) in [6.07, 6.45) is 1.34. The number of rotatable bonds is 3. The molecule has 6 nitrogen and oxygen atoms in total. The van der Waals surface area contributed by atoms with Gasteiger partial charge in [0, 0.05) is 26.2 Å². The molecule has 1 amide bonds. The van der Waals surface area contributed by atoms with E-state index in [1.165, 1.54) is 19.2 Å². The monoisotopic (exact) mass is 235 g/mol. The summed E-state index contributed by atoms with van der Waals surface area (Å²) >= 11 is 0. The number of pyridine rings is 1. The van der Waals surface area contributed by atoms with Crippen molar-refractivity contribution >= 4 is 17.7 Å². The molecule has 0 radical (unpaired) electrons. The van der Waals surface area contributed by atoms with Gasteiger partial charge in [0.1, 0.15) is 5.82 Å². The first-order valence-corrected chi connectivity index (χ1v) is 5.27.